The second-order valence-corrected chi connectivity index (χ2v) is 4.51. The van der Waals surface area contributed by atoms with Crippen molar-refractivity contribution in [2.75, 3.05) is 0 Å². The topological polar surface area (TPSA) is 60.7 Å². The van der Waals surface area contributed by atoms with Gasteiger partial charge in [0.15, 0.2) is 5.75 Å². The van der Waals surface area contributed by atoms with Crippen molar-refractivity contribution in [2.24, 2.45) is 0 Å². The van der Waals surface area contributed by atoms with E-state index in [1.807, 2.05) is 0 Å². The maximum Gasteiger partial charge on any atom is 0.488 e. The fraction of sp³-hybridized carbons (Fsp3) is 0. The Morgan fingerprint density at radius 3 is 2.64 bits per heavy atom. The standard InChI is InChI=1S/C8H6BClO3S/c10-8-7(11)5-3-4(9(12)13)1-2-6(5)14-8/h1-3,11-13H. The molecule has 0 radical (unpaired) electrons. The van der Waals surface area contributed by atoms with Gasteiger partial charge in [0.05, 0.1) is 0 Å². The molecule has 0 spiro atoms. The molecule has 1 heterocycles. The minimum atomic E-state index is -1.53. The van der Waals surface area contributed by atoms with E-state index >= 15 is 0 Å². The van der Waals surface area contributed by atoms with Crippen LogP contribution in [0.15, 0.2) is 18.2 Å². The first kappa shape index (κ1) is 9.80. The van der Waals surface area contributed by atoms with Crippen LogP contribution in [0.4, 0.5) is 0 Å². The molecule has 3 nitrogen and oxygen atoms in total. The highest BCUT2D eigenvalue weighted by Gasteiger charge is 2.15. The second kappa shape index (κ2) is 3.44. The Kier molecular flexibility index (Phi) is 2.40. The molecule has 0 amide bonds. The van der Waals surface area contributed by atoms with Crippen LogP contribution in [0.5, 0.6) is 5.75 Å². The van der Waals surface area contributed by atoms with E-state index in [1.54, 1.807) is 12.1 Å². The van der Waals surface area contributed by atoms with Crippen LogP contribution in [0.3, 0.4) is 0 Å². The third-order valence-electron chi connectivity index (χ3n) is 1.94. The van der Waals surface area contributed by atoms with Gasteiger partial charge in [-0.15, -0.1) is 11.3 Å². The molecule has 14 heavy (non-hydrogen) atoms. The molecule has 0 aliphatic rings. The molecule has 0 aliphatic heterocycles. The molecule has 2 aromatic rings. The van der Waals surface area contributed by atoms with E-state index in [1.165, 1.54) is 17.4 Å². The molecule has 2 rings (SSSR count). The number of aromatic hydroxyl groups is 1. The van der Waals surface area contributed by atoms with Crippen LogP contribution in [0.25, 0.3) is 10.1 Å². The van der Waals surface area contributed by atoms with E-state index in [4.69, 9.17) is 21.6 Å². The summed E-state index contributed by atoms with van der Waals surface area (Å²) in [5.41, 5.74) is 0.335. The lowest BCUT2D eigenvalue weighted by molar-refractivity contribution is 0.426. The van der Waals surface area contributed by atoms with Crippen molar-refractivity contribution in [3.8, 4) is 5.75 Å². The van der Waals surface area contributed by atoms with Crippen molar-refractivity contribution in [1.82, 2.24) is 0 Å². The Bertz CT molecular complexity index is 483. The Hall–Kier alpha value is -0.745. The fourth-order valence-electron chi connectivity index (χ4n) is 1.23. The molecule has 0 bridgehead atoms. The van der Waals surface area contributed by atoms with Gasteiger partial charge in [-0.25, -0.2) is 0 Å². The Balaban J connectivity index is 2.69. The van der Waals surface area contributed by atoms with Crippen molar-refractivity contribution in [3.63, 3.8) is 0 Å². The fourth-order valence-corrected chi connectivity index (χ4v) is 2.39. The molecule has 0 atom stereocenters. The third-order valence-corrected chi connectivity index (χ3v) is 3.30. The van der Waals surface area contributed by atoms with Crippen molar-refractivity contribution >= 4 is 45.6 Å². The molecule has 72 valence electrons. The normalized spacial score (nSPS) is 10.8. The summed E-state index contributed by atoms with van der Waals surface area (Å²) in [6.45, 7) is 0. The summed E-state index contributed by atoms with van der Waals surface area (Å²) in [5.74, 6) is -0.00540. The summed E-state index contributed by atoms with van der Waals surface area (Å²) in [5, 5.41) is 27.9. The smallest absolute Gasteiger partial charge is 0.488 e. The Morgan fingerprint density at radius 2 is 2.00 bits per heavy atom. The van der Waals surface area contributed by atoms with Gasteiger partial charge in [-0.1, -0.05) is 17.7 Å². The number of thiophene rings is 1. The molecule has 3 N–H and O–H groups in total. The largest absolute Gasteiger partial charge is 0.505 e. The van der Waals surface area contributed by atoms with Crippen LogP contribution in [0.2, 0.25) is 4.34 Å². The van der Waals surface area contributed by atoms with Gasteiger partial charge in [0, 0.05) is 10.1 Å². The van der Waals surface area contributed by atoms with Gasteiger partial charge >= 0.3 is 7.12 Å². The van der Waals surface area contributed by atoms with Gasteiger partial charge < -0.3 is 15.2 Å². The first-order chi connectivity index (χ1) is 6.59. The SMILES string of the molecule is OB(O)c1ccc2sc(Cl)c(O)c2c1. The van der Waals surface area contributed by atoms with Gasteiger partial charge in [-0.3, -0.25) is 0 Å². The summed E-state index contributed by atoms with van der Waals surface area (Å²) < 4.78 is 1.13. The minimum Gasteiger partial charge on any atom is -0.505 e. The highest BCUT2D eigenvalue weighted by atomic mass is 35.5. The predicted molar refractivity (Wildman–Crippen MR) is 58.3 cm³/mol. The summed E-state index contributed by atoms with van der Waals surface area (Å²) in [7, 11) is -1.53. The van der Waals surface area contributed by atoms with Crippen molar-refractivity contribution in [3.05, 3.63) is 22.5 Å². The molecular formula is C8H6BClO3S. The minimum absolute atomic E-state index is 0.00540. The lowest BCUT2D eigenvalue weighted by atomic mass is 9.80. The van der Waals surface area contributed by atoms with Crippen LogP contribution in [-0.4, -0.2) is 22.3 Å². The quantitative estimate of drug-likeness (QED) is 0.637. The van der Waals surface area contributed by atoms with E-state index in [2.05, 4.69) is 0 Å². The van der Waals surface area contributed by atoms with E-state index in [0.29, 0.717) is 15.2 Å². The average Bonchev–Trinajstić information content (AvgIpc) is 2.43. The monoisotopic (exact) mass is 228 g/mol. The third kappa shape index (κ3) is 1.48. The first-order valence-electron chi connectivity index (χ1n) is 3.86. The van der Waals surface area contributed by atoms with Gasteiger partial charge in [0.2, 0.25) is 0 Å². The van der Waals surface area contributed by atoms with Crippen LogP contribution in [0.1, 0.15) is 0 Å². The van der Waals surface area contributed by atoms with E-state index < -0.39 is 7.12 Å². The second-order valence-electron chi connectivity index (χ2n) is 2.85. The molecule has 0 aliphatic carbocycles. The zero-order valence-electron chi connectivity index (χ0n) is 6.94. The van der Waals surface area contributed by atoms with Crippen molar-refractivity contribution in [1.29, 1.82) is 0 Å². The Labute approximate surface area is 89.3 Å². The maximum absolute atomic E-state index is 9.52. The molecule has 0 saturated carbocycles. The summed E-state index contributed by atoms with van der Waals surface area (Å²) >= 11 is 6.98. The first-order valence-corrected chi connectivity index (χ1v) is 5.06. The highest BCUT2D eigenvalue weighted by Crippen LogP contribution is 2.39. The van der Waals surface area contributed by atoms with Crippen LogP contribution in [-0.2, 0) is 0 Å². The highest BCUT2D eigenvalue weighted by molar-refractivity contribution is 7.23. The van der Waals surface area contributed by atoms with E-state index in [9.17, 15) is 5.11 Å². The van der Waals surface area contributed by atoms with E-state index in [-0.39, 0.29) is 5.75 Å². The average molecular weight is 228 g/mol. The van der Waals surface area contributed by atoms with Crippen LogP contribution in [0, 0.1) is 0 Å². The molecule has 6 heteroatoms. The lowest BCUT2D eigenvalue weighted by Crippen LogP contribution is -2.29. The predicted octanol–water partition coefficient (Wildman–Crippen LogP) is 0.940. The number of hydrogen-bond acceptors (Lipinski definition) is 4. The summed E-state index contributed by atoms with van der Waals surface area (Å²) in [4.78, 5) is 0. The van der Waals surface area contributed by atoms with Gasteiger partial charge in [0.1, 0.15) is 4.34 Å². The van der Waals surface area contributed by atoms with Gasteiger partial charge in [-0.2, -0.15) is 0 Å². The zero-order valence-corrected chi connectivity index (χ0v) is 8.51. The number of rotatable bonds is 1. The van der Waals surface area contributed by atoms with Crippen LogP contribution >= 0.6 is 22.9 Å². The molecule has 0 saturated heterocycles. The zero-order chi connectivity index (χ0) is 10.3. The summed E-state index contributed by atoms with van der Waals surface area (Å²) in [6.07, 6.45) is 0. The molecule has 0 fully saturated rings. The molecule has 1 aromatic carbocycles. The Morgan fingerprint density at radius 1 is 1.29 bits per heavy atom. The molecular weight excluding hydrogens is 222 g/mol. The number of fused-ring (bicyclic) bond motifs is 1. The number of halogens is 1. The number of hydrogen-bond donors (Lipinski definition) is 3. The van der Waals surface area contributed by atoms with E-state index in [0.717, 1.165) is 4.70 Å². The maximum atomic E-state index is 9.52. The molecule has 0 unspecified atom stereocenters. The summed E-state index contributed by atoms with van der Waals surface area (Å²) in [6, 6.07) is 4.79. The van der Waals surface area contributed by atoms with Gasteiger partial charge in [-0.05, 0) is 17.6 Å². The lowest BCUT2D eigenvalue weighted by Gasteiger charge is -1.98. The number of benzene rings is 1. The van der Waals surface area contributed by atoms with Crippen LogP contribution < -0.4 is 5.46 Å². The van der Waals surface area contributed by atoms with Gasteiger partial charge in [0.25, 0.3) is 0 Å². The van der Waals surface area contributed by atoms with Crippen molar-refractivity contribution in [2.45, 2.75) is 0 Å². The van der Waals surface area contributed by atoms with Crippen molar-refractivity contribution < 1.29 is 15.2 Å². The molecule has 1 aromatic heterocycles.